The molecule has 0 aliphatic rings. The number of hydrogen-bond donors (Lipinski definition) is 2. The van der Waals surface area contributed by atoms with E-state index >= 15 is 0 Å². The summed E-state index contributed by atoms with van der Waals surface area (Å²) in [6.45, 7) is 0.509. The molecule has 0 bridgehead atoms. The number of benzene rings is 2. The van der Waals surface area contributed by atoms with E-state index in [-0.39, 0.29) is 11.5 Å². The van der Waals surface area contributed by atoms with Gasteiger partial charge in [-0.3, -0.25) is 4.79 Å². The molecule has 120 valence electrons. The molecule has 0 aliphatic heterocycles. The van der Waals surface area contributed by atoms with E-state index < -0.39 is 5.97 Å². The Kier molecular flexibility index (Phi) is 5.74. The summed E-state index contributed by atoms with van der Waals surface area (Å²) in [5.74, 6) is -0.266. The van der Waals surface area contributed by atoms with Crippen LogP contribution < -0.4 is 10.1 Å². The molecule has 2 rings (SSSR count). The van der Waals surface area contributed by atoms with E-state index in [0.29, 0.717) is 19.4 Å². The molecule has 2 aromatic rings. The lowest BCUT2D eigenvalue weighted by atomic mass is 10.1. The number of carbonyl (C=O) groups is 2. The number of hydrogen-bond acceptors (Lipinski definition) is 3. The predicted molar refractivity (Wildman–Crippen MR) is 86.8 cm³/mol. The molecule has 2 aromatic carbocycles. The normalized spacial score (nSPS) is 10.1. The Morgan fingerprint density at radius 1 is 1.09 bits per heavy atom. The molecule has 23 heavy (non-hydrogen) atoms. The van der Waals surface area contributed by atoms with Crippen LogP contribution >= 0.6 is 0 Å². The second-order valence-corrected chi connectivity index (χ2v) is 5.13. The summed E-state index contributed by atoms with van der Waals surface area (Å²) in [5.41, 5.74) is 2.14. The fourth-order valence-electron chi connectivity index (χ4n) is 2.19. The van der Waals surface area contributed by atoms with Crippen LogP contribution in [0, 0.1) is 0 Å². The van der Waals surface area contributed by atoms with Crippen molar-refractivity contribution in [2.75, 3.05) is 13.7 Å². The molecule has 5 heteroatoms. The summed E-state index contributed by atoms with van der Waals surface area (Å²) in [4.78, 5) is 22.7. The third kappa shape index (κ3) is 5.14. The maximum atomic E-state index is 11.9. The van der Waals surface area contributed by atoms with E-state index in [2.05, 4.69) is 5.32 Å². The van der Waals surface area contributed by atoms with Gasteiger partial charge in [-0.2, -0.15) is 0 Å². The SMILES string of the molecule is COc1cccc(CC(=O)NCCc2ccc(C(=O)O)cc2)c1. The molecule has 0 unspecified atom stereocenters. The zero-order chi connectivity index (χ0) is 16.7. The van der Waals surface area contributed by atoms with Crippen LogP contribution in [0.15, 0.2) is 48.5 Å². The van der Waals surface area contributed by atoms with Crippen molar-refractivity contribution in [3.8, 4) is 5.75 Å². The van der Waals surface area contributed by atoms with Gasteiger partial charge in [-0.1, -0.05) is 24.3 Å². The molecule has 0 aliphatic carbocycles. The van der Waals surface area contributed by atoms with Crippen molar-refractivity contribution in [2.45, 2.75) is 12.8 Å². The van der Waals surface area contributed by atoms with E-state index in [9.17, 15) is 9.59 Å². The van der Waals surface area contributed by atoms with Crippen LogP contribution in [0.3, 0.4) is 0 Å². The Hall–Kier alpha value is -2.82. The molecule has 0 radical (unpaired) electrons. The van der Waals surface area contributed by atoms with E-state index in [1.165, 1.54) is 0 Å². The number of amides is 1. The van der Waals surface area contributed by atoms with Crippen molar-refractivity contribution in [1.82, 2.24) is 5.32 Å². The molecule has 0 saturated heterocycles. The Labute approximate surface area is 134 Å². The van der Waals surface area contributed by atoms with Gasteiger partial charge in [0.15, 0.2) is 0 Å². The average Bonchev–Trinajstić information content (AvgIpc) is 2.55. The number of aromatic carboxylic acids is 1. The first-order valence-corrected chi connectivity index (χ1v) is 7.30. The Morgan fingerprint density at radius 3 is 2.48 bits per heavy atom. The highest BCUT2D eigenvalue weighted by Crippen LogP contribution is 2.12. The van der Waals surface area contributed by atoms with E-state index in [1.54, 1.807) is 31.4 Å². The highest BCUT2D eigenvalue weighted by Gasteiger charge is 2.05. The smallest absolute Gasteiger partial charge is 0.335 e. The Bertz CT molecular complexity index is 680. The van der Waals surface area contributed by atoms with Gasteiger partial charge in [-0.05, 0) is 41.8 Å². The van der Waals surface area contributed by atoms with Crippen molar-refractivity contribution < 1.29 is 19.4 Å². The third-order valence-corrected chi connectivity index (χ3v) is 3.44. The van der Waals surface area contributed by atoms with Gasteiger partial charge in [0.25, 0.3) is 0 Å². The van der Waals surface area contributed by atoms with E-state index in [0.717, 1.165) is 16.9 Å². The first-order chi connectivity index (χ1) is 11.1. The minimum atomic E-state index is -0.942. The average molecular weight is 313 g/mol. The van der Waals surface area contributed by atoms with Crippen molar-refractivity contribution in [3.05, 3.63) is 65.2 Å². The van der Waals surface area contributed by atoms with Crippen LogP contribution in [0.1, 0.15) is 21.5 Å². The van der Waals surface area contributed by atoms with Gasteiger partial charge < -0.3 is 15.2 Å². The number of methoxy groups -OCH3 is 1. The van der Waals surface area contributed by atoms with Crippen molar-refractivity contribution >= 4 is 11.9 Å². The summed E-state index contributed by atoms with van der Waals surface area (Å²) < 4.78 is 5.13. The lowest BCUT2D eigenvalue weighted by Gasteiger charge is -2.07. The van der Waals surface area contributed by atoms with Crippen LogP contribution in [0.2, 0.25) is 0 Å². The second kappa shape index (κ2) is 7.98. The monoisotopic (exact) mass is 313 g/mol. The third-order valence-electron chi connectivity index (χ3n) is 3.44. The van der Waals surface area contributed by atoms with Crippen molar-refractivity contribution in [2.24, 2.45) is 0 Å². The van der Waals surface area contributed by atoms with Crippen LogP contribution in [-0.2, 0) is 17.6 Å². The lowest BCUT2D eigenvalue weighted by Crippen LogP contribution is -2.27. The van der Waals surface area contributed by atoms with Gasteiger partial charge in [-0.25, -0.2) is 4.79 Å². The number of nitrogens with one attached hydrogen (secondary N) is 1. The number of ether oxygens (including phenoxy) is 1. The first-order valence-electron chi connectivity index (χ1n) is 7.30. The Morgan fingerprint density at radius 2 is 1.83 bits per heavy atom. The maximum Gasteiger partial charge on any atom is 0.335 e. The molecular formula is C18H19NO4. The fraction of sp³-hybridized carbons (Fsp3) is 0.222. The van der Waals surface area contributed by atoms with E-state index in [4.69, 9.17) is 9.84 Å². The minimum absolute atomic E-state index is 0.0552. The van der Waals surface area contributed by atoms with Crippen molar-refractivity contribution in [3.63, 3.8) is 0 Å². The van der Waals surface area contributed by atoms with Crippen LogP contribution in [0.5, 0.6) is 5.75 Å². The predicted octanol–water partition coefficient (Wildman–Crippen LogP) is 2.29. The topological polar surface area (TPSA) is 75.6 Å². The van der Waals surface area contributed by atoms with Gasteiger partial charge in [0.1, 0.15) is 5.75 Å². The van der Waals surface area contributed by atoms with E-state index in [1.807, 2.05) is 24.3 Å². The molecule has 2 N–H and O–H groups in total. The summed E-state index contributed by atoms with van der Waals surface area (Å²) in [6, 6.07) is 14.1. The Balaban J connectivity index is 1.79. The molecule has 5 nitrogen and oxygen atoms in total. The molecule has 1 amide bonds. The zero-order valence-electron chi connectivity index (χ0n) is 12.9. The molecule has 0 atom stereocenters. The molecule has 0 spiro atoms. The fourth-order valence-corrected chi connectivity index (χ4v) is 2.19. The van der Waals surface area contributed by atoms with Crippen LogP contribution in [-0.4, -0.2) is 30.6 Å². The zero-order valence-corrected chi connectivity index (χ0v) is 12.9. The number of carbonyl (C=O) groups excluding carboxylic acids is 1. The standard InChI is InChI=1S/C18H19NO4/c1-23-16-4-2-3-14(11-16)12-17(20)19-10-9-13-5-7-15(8-6-13)18(21)22/h2-8,11H,9-10,12H2,1H3,(H,19,20)(H,21,22). The number of carboxylic acid groups (broad SMARTS) is 1. The summed E-state index contributed by atoms with van der Waals surface area (Å²) in [6.07, 6.45) is 0.957. The lowest BCUT2D eigenvalue weighted by molar-refractivity contribution is -0.120. The summed E-state index contributed by atoms with van der Waals surface area (Å²) >= 11 is 0. The summed E-state index contributed by atoms with van der Waals surface area (Å²) in [5, 5.41) is 11.7. The second-order valence-electron chi connectivity index (χ2n) is 5.13. The minimum Gasteiger partial charge on any atom is -0.497 e. The first kappa shape index (κ1) is 16.5. The molecule has 0 saturated carbocycles. The van der Waals surface area contributed by atoms with Crippen LogP contribution in [0.25, 0.3) is 0 Å². The van der Waals surface area contributed by atoms with Gasteiger partial charge in [0.05, 0.1) is 19.1 Å². The largest absolute Gasteiger partial charge is 0.497 e. The quantitative estimate of drug-likeness (QED) is 0.822. The molecule has 0 heterocycles. The van der Waals surface area contributed by atoms with Gasteiger partial charge >= 0.3 is 5.97 Å². The number of rotatable bonds is 7. The summed E-state index contributed by atoms with van der Waals surface area (Å²) in [7, 11) is 1.59. The van der Waals surface area contributed by atoms with Crippen molar-refractivity contribution in [1.29, 1.82) is 0 Å². The highest BCUT2D eigenvalue weighted by molar-refractivity contribution is 5.87. The number of carboxylic acids is 1. The van der Waals surface area contributed by atoms with Gasteiger partial charge in [0.2, 0.25) is 5.91 Å². The van der Waals surface area contributed by atoms with Crippen LogP contribution in [0.4, 0.5) is 0 Å². The molecular weight excluding hydrogens is 294 g/mol. The van der Waals surface area contributed by atoms with Gasteiger partial charge in [0, 0.05) is 6.54 Å². The van der Waals surface area contributed by atoms with Gasteiger partial charge in [-0.15, -0.1) is 0 Å². The molecule has 0 fully saturated rings. The molecule has 0 aromatic heterocycles. The highest BCUT2D eigenvalue weighted by atomic mass is 16.5. The maximum absolute atomic E-state index is 11.9.